The molecule has 0 aliphatic carbocycles. The summed E-state index contributed by atoms with van der Waals surface area (Å²) in [5, 5.41) is 3.60. The van der Waals surface area contributed by atoms with Crippen molar-refractivity contribution in [2.45, 2.75) is 45.8 Å². The number of amides is 1. The summed E-state index contributed by atoms with van der Waals surface area (Å²) in [5.41, 5.74) is -0.0565. The molecule has 1 heterocycles. The Balaban J connectivity index is 1.95. The lowest BCUT2D eigenvalue weighted by molar-refractivity contribution is 0.0165. The normalized spacial score (nSPS) is 21.9. The second kappa shape index (κ2) is 6.95. The lowest BCUT2D eigenvalue weighted by Gasteiger charge is -2.38. The predicted octanol–water partition coefficient (Wildman–Crippen LogP) is 4.54. The molecule has 0 radical (unpaired) electrons. The Morgan fingerprint density at radius 3 is 2.70 bits per heavy atom. The molecule has 0 unspecified atom stereocenters. The lowest BCUT2D eigenvalue weighted by Crippen LogP contribution is -2.49. The third-order valence-corrected chi connectivity index (χ3v) is 4.06. The van der Waals surface area contributed by atoms with Crippen LogP contribution in [0.1, 0.15) is 34.1 Å². The van der Waals surface area contributed by atoms with Gasteiger partial charge in [-0.25, -0.2) is 9.18 Å². The van der Waals surface area contributed by atoms with Gasteiger partial charge >= 0.3 is 6.09 Å². The van der Waals surface area contributed by atoms with Crippen LogP contribution in [0.5, 0.6) is 0 Å². The van der Waals surface area contributed by atoms with Crippen LogP contribution in [0.3, 0.4) is 0 Å². The number of carbonyl (C=O) groups excluding carboxylic acids is 1. The molecule has 1 aromatic rings. The summed E-state index contributed by atoms with van der Waals surface area (Å²) in [6.45, 7) is 8.78. The summed E-state index contributed by atoms with van der Waals surface area (Å²) in [5.74, 6) is -0.175. The van der Waals surface area contributed by atoms with E-state index in [2.05, 4.69) is 5.32 Å². The summed E-state index contributed by atoms with van der Waals surface area (Å²) in [4.78, 5) is 13.8. The van der Waals surface area contributed by atoms with Crippen LogP contribution in [0.15, 0.2) is 18.2 Å². The van der Waals surface area contributed by atoms with E-state index in [4.69, 9.17) is 16.3 Å². The van der Waals surface area contributed by atoms with Gasteiger partial charge in [-0.2, -0.15) is 0 Å². The van der Waals surface area contributed by atoms with Gasteiger partial charge in [0.25, 0.3) is 0 Å². The molecule has 2 atom stereocenters. The molecule has 1 amide bonds. The van der Waals surface area contributed by atoms with Crippen molar-refractivity contribution < 1.29 is 13.9 Å². The van der Waals surface area contributed by atoms with Crippen molar-refractivity contribution in [3.05, 3.63) is 29.0 Å². The van der Waals surface area contributed by atoms with Gasteiger partial charge in [0.2, 0.25) is 0 Å². The van der Waals surface area contributed by atoms with Crippen molar-refractivity contribution in [3.8, 4) is 0 Å². The fraction of sp³-hybridized carbons (Fsp3) is 0.588. The van der Waals surface area contributed by atoms with Gasteiger partial charge in [-0.15, -0.1) is 0 Å². The van der Waals surface area contributed by atoms with E-state index in [1.165, 1.54) is 6.07 Å². The van der Waals surface area contributed by atoms with Gasteiger partial charge < -0.3 is 15.0 Å². The largest absolute Gasteiger partial charge is 0.444 e. The topological polar surface area (TPSA) is 41.6 Å². The van der Waals surface area contributed by atoms with E-state index in [0.717, 1.165) is 6.42 Å². The smallest absolute Gasteiger partial charge is 0.410 e. The molecule has 1 aliphatic rings. The molecule has 1 saturated heterocycles. The van der Waals surface area contributed by atoms with Crippen molar-refractivity contribution in [2.75, 3.05) is 18.4 Å². The van der Waals surface area contributed by atoms with Crippen molar-refractivity contribution in [1.82, 2.24) is 4.90 Å². The number of carbonyl (C=O) groups is 1. The number of anilines is 1. The second-order valence-corrected chi connectivity index (χ2v) is 7.50. The van der Waals surface area contributed by atoms with Crippen LogP contribution in [0.25, 0.3) is 0 Å². The van der Waals surface area contributed by atoms with E-state index in [0.29, 0.717) is 23.8 Å². The Labute approximate surface area is 141 Å². The van der Waals surface area contributed by atoms with Crippen molar-refractivity contribution in [2.24, 2.45) is 5.92 Å². The van der Waals surface area contributed by atoms with Gasteiger partial charge in [0.05, 0.1) is 5.69 Å². The number of hydrogen-bond donors (Lipinski definition) is 1. The van der Waals surface area contributed by atoms with E-state index < -0.39 is 5.60 Å². The highest BCUT2D eigenvalue weighted by molar-refractivity contribution is 6.30. The Kier molecular flexibility index (Phi) is 5.40. The summed E-state index contributed by atoms with van der Waals surface area (Å²) < 4.78 is 19.3. The SMILES string of the molecule is C[C@H]1CN(C(=O)OC(C)(C)C)CC[C@H]1Nc1ccc(Cl)cc1F. The highest BCUT2D eigenvalue weighted by atomic mass is 35.5. The molecule has 4 nitrogen and oxygen atoms in total. The summed E-state index contributed by atoms with van der Waals surface area (Å²) in [6, 6.07) is 4.70. The zero-order chi connectivity index (χ0) is 17.2. The summed E-state index contributed by atoms with van der Waals surface area (Å²) >= 11 is 5.77. The number of nitrogens with one attached hydrogen (secondary N) is 1. The van der Waals surface area contributed by atoms with Gasteiger partial charge in [0.1, 0.15) is 11.4 Å². The number of benzene rings is 1. The van der Waals surface area contributed by atoms with Crippen molar-refractivity contribution in [1.29, 1.82) is 0 Å². The van der Waals surface area contributed by atoms with Crippen LogP contribution in [0, 0.1) is 11.7 Å². The average Bonchev–Trinajstić information content (AvgIpc) is 2.41. The van der Waals surface area contributed by atoms with Crippen LogP contribution in [0.2, 0.25) is 5.02 Å². The number of likely N-dealkylation sites (tertiary alicyclic amines) is 1. The monoisotopic (exact) mass is 342 g/mol. The fourth-order valence-corrected chi connectivity index (χ4v) is 2.82. The molecule has 128 valence electrons. The summed E-state index contributed by atoms with van der Waals surface area (Å²) in [6.07, 6.45) is 0.447. The number of nitrogens with zero attached hydrogens (tertiary/aromatic N) is 1. The van der Waals surface area contributed by atoms with Crippen LogP contribution in [0.4, 0.5) is 14.9 Å². The quantitative estimate of drug-likeness (QED) is 0.858. The Morgan fingerprint density at radius 2 is 2.13 bits per heavy atom. The first-order valence-corrected chi connectivity index (χ1v) is 8.23. The van der Waals surface area contributed by atoms with Gasteiger partial charge in [0.15, 0.2) is 0 Å². The molecule has 1 fully saturated rings. The van der Waals surface area contributed by atoms with Crippen LogP contribution < -0.4 is 5.32 Å². The first-order valence-electron chi connectivity index (χ1n) is 7.85. The van der Waals surface area contributed by atoms with E-state index in [-0.39, 0.29) is 23.9 Å². The third-order valence-electron chi connectivity index (χ3n) is 3.83. The molecular formula is C17H24ClFN2O2. The van der Waals surface area contributed by atoms with Crippen LogP contribution in [-0.4, -0.2) is 35.7 Å². The Bertz CT molecular complexity index is 574. The van der Waals surface area contributed by atoms with Crippen molar-refractivity contribution in [3.63, 3.8) is 0 Å². The van der Waals surface area contributed by atoms with E-state index >= 15 is 0 Å². The standard InChI is InChI=1S/C17H24ClFN2O2/c1-11-10-21(16(22)23-17(2,3)4)8-7-14(11)20-15-6-5-12(18)9-13(15)19/h5-6,9,11,14,20H,7-8,10H2,1-4H3/t11-,14+/m0/s1. The summed E-state index contributed by atoms with van der Waals surface area (Å²) in [7, 11) is 0. The molecule has 0 bridgehead atoms. The highest BCUT2D eigenvalue weighted by Crippen LogP contribution is 2.25. The predicted molar refractivity (Wildman–Crippen MR) is 90.4 cm³/mol. The molecule has 0 saturated carbocycles. The molecule has 1 aromatic carbocycles. The molecule has 0 spiro atoms. The second-order valence-electron chi connectivity index (χ2n) is 7.07. The van der Waals surface area contributed by atoms with Crippen LogP contribution >= 0.6 is 11.6 Å². The number of rotatable bonds is 2. The maximum Gasteiger partial charge on any atom is 0.410 e. The van der Waals surface area contributed by atoms with Gasteiger partial charge in [-0.1, -0.05) is 18.5 Å². The molecular weight excluding hydrogens is 319 g/mol. The van der Waals surface area contributed by atoms with Gasteiger partial charge in [0, 0.05) is 24.2 Å². The number of ether oxygens (including phenoxy) is 1. The van der Waals surface area contributed by atoms with E-state index in [1.807, 2.05) is 27.7 Å². The van der Waals surface area contributed by atoms with Crippen LogP contribution in [-0.2, 0) is 4.74 Å². The Hall–Kier alpha value is -1.49. The molecule has 2 rings (SSSR count). The number of hydrogen-bond acceptors (Lipinski definition) is 3. The van der Waals surface area contributed by atoms with Gasteiger partial charge in [-0.3, -0.25) is 0 Å². The minimum atomic E-state index is -0.498. The number of halogens is 2. The lowest BCUT2D eigenvalue weighted by atomic mass is 9.94. The minimum absolute atomic E-state index is 0.101. The zero-order valence-corrected chi connectivity index (χ0v) is 14.8. The van der Waals surface area contributed by atoms with E-state index in [9.17, 15) is 9.18 Å². The molecule has 0 aromatic heterocycles. The minimum Gasteiger partial charge on any atom is -0.444 e. The highest BCUT2D eigenvalue weighted by Gasteiger charge is 2.31. The zero-order valence-electron chi connectivity index (χ0n) is 14.0. The maximum atomic E-state index is 13.9. The third kappa shape index (κ3) is 4.99. The van der Waals surface area contributed by atoms with Crippen molar-refractivity contribution >= 4 is 23.4 Å². The van der Waals surface area contributed by atoms with E-state index in [1.54, 1.807) is 17.0 Å². The molecule has 23 heavy (non-hydrogen) atoms. The number of piperidine rings is 1. The average molecular weight is 343 g/mol. The fourth-order valence-electron chi connectivity index (χ4n) is 2.66. The van der Waals surface area contributed by atoms with Gasteiger partial charge in [-0.05, 0) is 51.3 Å². The molecule has 1 aliphatic heterocycles. The molecule has 1 N–H and O–H groups in total. The first kappa shape index (κ1) is 17.9. The first-order chi connectivity index (χ1) is 10.7. The molecule has 6 heteroatoms. The maximum absolute atomic E-state index is 13.9. The Morgan fingerprint density at radius 1 is 1.43 bits per heavy atom.